The average Bonchev–Trinajstić information content (AvgIpc) is 3.08. The van der Waals surface area contributed by atoms with E-state index in [9.17, 15) is 4.79 Å². The summed E-state index contributed by atoms with van der Waals surface area (Å²) >= 11 is 0. The van der Waals surface area contributed by atoms with Crippen LogP contribution in [0.5, 0.6) is 0 Å². The molecule has 6 nitrogen and oxygen atoms in total. The third-order valence-corrected chi connectivity index (χ3v) is 2.78. The Hall–Kier alpha value is -2.76. The summed E-state index contributed by atoms with van der Waals surface area (Å²) in [6, 6.07) is 12.9. The number of benzene rings is 1. The van der Waals surface area contributed by atoms with Gasteiger partial charge in [-0.05, 0) is 29.5 Å². The number of nitrogens with zero attached hydrogens (tertiary/aromatic N) is 5. The topological polar surface area (TPSA) is 65.6 Å². The maximum absolute atomic E-state index is 12.2. The summed E-state index contributed by atoms with van der Waals surface area (Å²) in [5.41, 5.74) is 1.30. The molecule has 0 radical (unpaired) electrons. The first-order chi connectivity index (χ1) is 9.25. The van der Waals surface area contributed by atoms with Gasteiger partial charge in [-0.3, -0.25) is 4.79 Å². The van der Waals surface area contributed by atoms with E-state index in [-0.39, 0.29) is 11.6 Å². The second kappa shape index (κ2) is 4.49. The van der Waals surface area contributed by atoms with E-state index in [1.807, 2.05) is 30.3 Å². The van der Waals surface area contributed by atoms with E-state index in [1.54, 1.807) is 29.9 Å². The number of rotatable bonds is 3. The molecule has 0 saturated carbocycles. The maximum Gasteiger partial charge on any atom is 0.250 e. The van der Waals surface area contributed by atoms with Gasteiger partial charge in [0.25, 0.3) is 0 Å². The molecule has 3 aromatic rings. The SMILES string of the molecule is Cn1cccc1C(=O)c1nnn(-c2ccccc2)n1. The van der Waals surface area contributed by atoms with Gasteiger partial charge in [0.2, 0.25) is 11.6 Å². The molecule has 0 spiro atoms. The molecule has 0 unspecified atom stereocenters. The van der Waals surface area contributed by atoms with Gasteiger partial charge in [-0.25, -0.2) is 0 Å². The molecule has 0 saturated heterocycles. The van der Waals surface area contributed by atoms with E-state index in [2.05, 4.69) is 15.4 Å². The van der Waals surface area contributed by atoms with Crippen molar-refractivity contribution in [3.05, 3.63) is 60.2 Å². The van der Waals surface area contributed by atoms with Gasteiger partial charge in [0.15, 0.2) is 0 Å². The Kier molecular flexibility index (Phi) is 2.68. The van der Waals surface area contributed by atoms with Crippen LogP contribution in [0, 0.1) is 0 Å². The van der Waals surface area contributed by atoms with Crippen LogP contribution in [0.1, 0.15) is 16.3 Å². The lowest BCUT2D eigenvalue weighted by Gasteiger charge is -1.98. The fraction of sp³-hybridized carbons (Fsp3) is 0.0769. The molecule has 94 valence electrons. The lowest BCUT2D eigenvalue weighted by atomic mass is 10.3. The Morgan fingerprint density at radius 3 is 2.58 bits per heavy atom. The van der Waals surface area contributed by atoms with Crippen LogP contribution < -0.4 is 0 Å². The van der Waals surface area contributed by atoms with Crippen LogP contribution in [0.2, 0.25) is 0 Å². The molecule has 2 heterocycles. The highest BCUT2D eigenvalue weighted by molar-refractivity contribution is 6.05. The normalized spacial score (nSPS) is 10.6. The summed E-state index contributed by atoms with van der Waals surface area (Å²) in [7, 11) is 1.80. The second-order valence-electron chi connectivity index (χ2n) is 4.07. The van der Waals surface area contributed by atoms with Crippen LogP contribution >= 0.6 is 0 Å². The minimum Gasteiger partial charge on any atom is -0.348 e. The first-order valence-corrected chi connectivity index (χ1v) is 5.77. The molecule has 0 aliphatic rings. The molecule has 0 atom stereocenters. The Labute approximate surface area is 109 Å². The average molecular weight is 253 g/mol. The number of tetrazole rings is 1. The number of para-hydroxylation sites is 1. The van der Waals surface area contributed by atoms with E-state index >= 15 is 0 Å². The number of carbonyl (C=O) groups is 1. The van der Waals surface area contributed by atoms with Crippen LogP contribution in [-0.4, -0.2) is 30.6 Å². The number of aromatic nitrogens is 5. The van der Waals surface area contributed by atoms with Crippen molar-refractivity contribution in [2.24, 2.45) is 7.05 Å². The second-order valence-corrected chi connectivity index (χ2v) is 4.07. The van der Waals surface area contributed by atoms with Crippen molar-refractivity contribution in [1.82, 2.24) is 24.8 Å². The molecule has 0 aliphatic heterocycles. The molecule has 3 rings (SSSR count). The Morgan fingerprint density at radius 2 is 1.89 bits per heavy atom. The third-order valence-electron chi connectivity index (χ3n) is 2.78. The van der Waals surface area contributed by atoms with Crippen LogP contribution in [0.25, 0.3) is 5.69 Å². The standard InChI is InChI=1S/C13H11N5O/c1-17-9-5-8-11(17)12(19)13-14-16-18(15-13)10-6-3-2-4-7-10/h2-9H,1H3. The molecule has 0 bridgehead atoms. The molecule has 2 aromatic heterocycles. The fourth-order valence-electron chi connectivity index (χ4n) is 1.79. The molecule has 1 aromatic carbocycles. The zero-order valence-corrected chi connectivity index (χ0v) is 10.3. The third kappa shape index (κ3) is 2.03. The van der Waals surface area contributed by atoms with E-state index in [4.69, 9.17) is 0 Å². The Balaban J connectivity index is 1.94. The summed E-state index contributed by atoms with van der Waals surface area (Å²) in [4.78, 5) is 13.5. The molecule has 19 heavy (non-hydrogen) atoms. The zero-order chi connectivity index (χ0) is 13.2. The predicted molar refractivity (Wildman–Crippen MR) is 68.0 cm³/mol. The molecule has 0 fully saturated rings. The largest absolute Gasteiger partial charge is 0.348 e. The number of hydrogen-bond acceptors (Lipinski definition) is 4. The van der Waals surface area contributed by atoms with Gasteiger partial charge in [-0.1, -0.05) is 18.2 Å². The quantitative estimate of drug-likeness (QED) is 0.658. The van der Waals surface area contributed by atoms with Crippen LogP contribution in [0.4, 0.5) is 0 Å². The number of hydrogen-bond donors (Lipinski definition) is 0. The fourth-order valence-corrected chi connectivity index (χ4v) is 1.79. The summed E-state index contributed by atoms with van der Waals surface area (Å²) < 4.78 is 1.73. The van der Waals surface area contributed by atoms with Gasteiger partial charge in [0, 0.05) is 13.2 Å². The summed E-state index contributed by atoms with van der Waals surface area (Å²) in [6.07, 6.45) is 1.80. The van der Waals surface area contributed by atoms with Crippen LogP contribution in [0.15, 0.2) is 48.7 Å². The molecule has 0 amide bonds. The van der Waals surface area contributed by atoms with E-state index in [0.29, 0.717) is 5.69 Å². The molecule has 0 N–H and O–H groups in total. The number of aryl methyl sites for hydroxylation is 1. The van der Waals surface area contributed by atoms with Crippen molar-refractivity contribution >= 4 is 5.78 Å². The van der Waals surface area contributed by atoms with Crippen LogP contribution in [-0.2, 0) is 7.05 Å². The van der Waals surface area contributed by atoms with E-state index in [0.717, 1.165) is 5.69 Å². The summed E-state index contributed by atoms with van der Waals surface area (Å²) in [6.45, 7) is 0. The van der Waals surface area contributed by atoms with Gasteiger partial charge in [-0.15, -0.1) is 15.0 Å². The van der Waals surface area contributed by atoms with Gasteiger partial charge in [-0.2, -0.15) is 0 Å². The van der Waals surface area contributed by atoms with Crippen molar-refractivity contribution in [3.63, 3.8) is 0 Å². The number of ketones is 1. The van der Waals surface area contributed by atoms with Crippen molar-refractivity contribution in [3.8, 4) is 5.69 Å². The van der Waals surface area contributed by atoms with Gasteiger partial charge in [0.05, 0.1) is 11.4 Å². The predicted octanol–water partition coefficient (Wildman–Crippen LogP) is 1.23. The van der Waals surface area contributed by atoms with Crippen molar-refractivity contribution < 1.29 is 4.79 Å². The number of carbonyl (C=O) groups excluding carboxylic acids is 1. The highest BCUT2D eigenvalue weighted by atomic mass is 16.1. The minimum absolute atomic E-state index is 0.0886. The molecular formula is C13H11N5O. The lowest BCUT2D eigenvalue weighted by Crippen LogP contribution is -2.09. The van der Waals surface area contributed by atoms with Crippen molar-refractivity contribution in [2.75, 3.05) is 0 Å². The van der Waals surface area contributed by atoms with Crippen molar-refractivity contribution in [2.45, 2.75) is 0 Å². The highest BCUT2D eigenvalue weighted by Gasteiger charge is 2.17. The molecular weight excluding hydrogens is 242 g/mol. The van der Waals surface area contributed by atoms with E-state index < -0.39 is 0 Å². The van der Waals surface area contributed by atoms with Gasteiger partial charge < -0.3 is 4.57 Å². The highest BCUT2D eigenvalue weighted by Crippen LogP contribution is 2.07. The summed E-state index contributed by atoms with van der Waals surface area (Å²) in [5.74, 6) is -0.152. The van der Waals surface area contributed by atoms with Crippen molar-refractivity contribution in [1.29, 1.82) is 0 Å². The van der Waals surface area contributed by atoms with E-state index in [1.165, 1.54) is 4.80 Å². The monoisotopic (exact) mass is 253 g/mol. The molecule has 6 heteroatoms. The maximum atomic E-state index is 12.2. The first-order valence-electron chi connectivity index (χ1n) is 5.77. The molecule has 0 aliphatic carbocycles. The Bertz CT molecular complexity index is 713. The Morgan fingerprint density at radius 1 is 1.11 bits per heavy atom. The lowest BCUT2D eigenvalue weighted by molar-refractivity contribution is 0.102. The van der Waals surface area contributed by atoms with Gasteiger partial charge >= 0.3 is 0 Å². The minimum atomic E-state index is -0.241. The zero-order valence-electron chi connectivity index (χ0n) is 10.3. The first kappa shape index (κ1) is 11.3. The smallest absolute Gasteiger partial charge is 0.250 e. The summed E-state index contributed by atoms with van der Waals surface area (Å²) in [5, 5.41) is 11.8. The van der Waals surface area contributed by atoms with Gasteiger partial charge in [0.1, 0.15) is 0 Å². The van der Waals surface area contributed by atoms with Crippen LogP contribution in [0.3, 0.4) is 0 Å².